The molecule has 0 unspecified atom stereocenters. The van der Waals surface area contributed by atoms with Crippen LogP contribution >= 0.6 is 0 Å². The highest BCUT2D eigenvalue weighted by Crippen LogP contribution is 2.21. The molecule has 0 aromatic heterocycles. The topological polar surface area (TPSA) is 20.2 Å². The van der Waals surface area contributed by atoms with Crippen LogP contribution in [0, 0.1) is 0 Å². The van der Waals surface area contributed by atoms with Gasteiger partial charge in [0.15, 0.2) is 0 Å². The number of hydrogen-bond donors (Lipinski definition) is 1. The van der Waals surface area contributed by atoms with Crippen LogP contribution in [0.1, 0.15) is 43.0 Å². The van der Waals surface area contributed by atoms with Crippen molar-refractivity contribution in [2.75, 3.05) is 0 Å². The van der Waals surface area contributed by atoms with Gasteiger partial charge in [0.05, 0.1) is 6.61 Å². The summed E-state index contributed by atoms with van der Waals surface area (Å²) in [5, 5.41) is 9.23. The van der Waals surface area contributed by atoms with E-state index in [1.54, 1.807) is 0 Å². The third kappa shape index (κ3) is 1.98. The Morgan fingerprint density at radius 3 is 1.79 bits per heavy atom. The van der Waals surface area contributed by atoms with E-state index in [9.17, 15) is 5.11 Å². The van der Waals surface area contributed by atoms with Gasteiger partial charge in [-0.1, -0.05) is 32.9 Å². The Morgan fingerprint density at radius 1 is 0.857 bits per heavy atom. The van der Waals surface area contributed by atoms with Crippen LogP contribution < -0.4 is 0 Å². The highest BCUT2D eigenvalue weighted by Gasteiger charge is 2.08. The molecule has 0 saturated heterocycles. The number of aliphatic hydroxyl groups excluding tert-OH is 1. The van der Waals surface area contributed by atoms with Crippen LogP contribution in [-0.2, 0) is 25.9 Å². The lowest BCUT2D eigenvalue weighted by Gasteiger charge is -2.15. The Balaban J connectivity index is 3.28. The molecule has 1 aromatic carbocycles. The summed E-state index contributed by atoms with van der Waals surface area (Å²) in [4.78, 5) is 0. The van der Waals surface area contributed by atoms with Gasteiger partial charge in [0.2, 0.25) is 0 Å². The molecule has 0 aliphatic heterocycles. The van der Waals surface area contributed by atoms with Crippen molar-refractivity contribution in [3.63, 3.8) is 0 Å². The molecule has 1 nitrogen and oxygen atoms in total. The van der Waals surface area contributed by atoms with Crippen molar-refractivity contribution < 1.29 is 5.11 Å². The van der Waals surface area contributed by atoms with Crippen molar-refractivity contribution in [3.8, 4) is 0 Å². The van der Waals surface area contributed by atoms with Crippen molar-refractivity contribution in [2.45, 2.75) is 46.6 Å². The molecule has 0 aliphatic rings. The zero-order chi connectivity index (χ0) is 10.6. The summed E-state index contributed by atoms with van der Waals surface area (Å²) in [5.41, 5.74) is 5.33. The molecule has 0 amide bonds. The molecule has 14 heavy (non-hydrogen) atoms. The van der Waals surface area contributed by atoms with E-state index in [0.717, 1.165) is 24.8 Å². The quantitative estimate of drug-likeness (QED) is 0.777. The predicted octanol–water partition coefficient (Wildman–Crippen LogP) is 2.87. The van der Waals surface area contributed by atoms with Gasteiger partial charge in [0.1, 0.15) is 0 Å². The average Bonchev–Trinajstić information content (AvgIpc) is 2.26. The number of hydrogen-bond acceptors (Lipinski definition) is 1. The third-order valence-electron chi connectivity index (χ3n) is 2.88. The molecule has 1 heteroatoms. The maximum Gasteiger partial charge on any atom is 0.0684 e. The Hall–Kier alpha value is -0.820. The Bertz CT molecular complexity index is 271. The number of aliphatic hydroxyl groups is 1. The molecule has 1 N–H and O–H groups in total. The minimum atomic E-state index is 0.167. The van der Waals surface area contributed by atoms with Crippen LogP contribution in [-0.4, -0.2) is 5.11 Å². The molecular formula is C13H20O. The van der Waals surface area contributed by atoms with Gasteiger partial charge in [-0.3, -0.25) is 0 Å². The standard InChI is InChI=1S/C13H20O/c1-4-10-7-8-11(9-14)13(6-3)12(10)5-2/h7-8,14H,4-6,9H2,1-3H3. The van der Waals surface area contributed by atoms with Gasteiger partial charge in [0.25, 0.3) is 0 Å². The van der Waals surface area contributed by atoms with Crippen LogP contribution in [0.15, 0.2) is 12.1 Å². The molecule has 78 valence electrons. The molecule has 1 aromatic rings. The van der Waals surface area contributed by atoms with Crippen LogP contribution in [0.5, 0.6) is 0 Å². The molecule has 0 aliphatic carbocycles. The maximum atomic E-state index is 9.23. The summed E-state index contributed by atoms with van der Waals surface area (Å²) in [5.74, 6) is 0. The second kappa shape index (κ2) is 5.16. The summed E-state index contributed by atoms with van der Waals surface area (Å²) in [7, 11) is 0. The molecule has 0 fully saturated rings. The normalized spacial score (nSPS) is 10.6. The first kappa shape index (κ1) is 11.3. The number of rotatable bonds is 4. The first-order valence-electron chi connectivity index (χ1n) is 5.51. The van der Waals surface area contributed by atoms with Gasteiger partial charge in [-0.25, -0.2) is 0 Å². The Kier molecular flexibility index (Phi) is 4.15. The summed E-state index contributed by atoms with van der Waals surface area (Å²) >= 11 is 0. The third-order valence-corrected chi connectivity index (χ3v) is 2.88. The van der Waals surface area contributed by atoms with E-state index in [-0.39, 0.29) is 6.61 Å². The minimum Gasteiger partial charge on any atom is -0.392 e. The van der Waals surface area contributed by atoms with Gasteiger partial charge in [0, 0.05) is 0 Å². The zero-order valence-electron chi connectivity index (χ0n) is 9.43. The smallest absolute Gasteiger partial charge is 0.0684 e. The van der Waals surface area contributed by atoms with Gasteiger partial charge in [-0.05, 0) is 41.5 Å². The van der Waals surface area contributed by atoms with E-state index in [1.165, 1.54) is 16.7 Å². The minimum absolute atomic E-state index is 0.167. The van der Waals surface area contributed by atoms with Gasteiger partial charge in [-0.2, -0.15) is 0 Å². The molecular weight excluding hydrogens is 172 g/mol. The number of benzene rings is 1. The van der Waals surface area contributed by atoms with Crippen molar-refractivity contribution >= 4 is 0 Å². The first-order valence-corrected chi connectivity index (χ1v) is 5.51. The van der Waals surface area contributed by atoms with Gasteiger partial charge < -0.3 is 5.11 Å². The number of aryl methyl sites for hydroxylation is 1. The Labute approximate surface area is 86.8 Å². The van der Waals surface area contributed by atoms with E-state index in [0.29, 0.717) is 0 Å². The van der Waals surface area contributed by atoms with E-state index < -0.39 is 0 Å². The lowest BCUT2D eigenvalue weighted by atomic mass is 9.92. The molecule has 0 bridgehead atoms. The van der Waals surface area contributed by atoms with E-state index in [2.05, 4.69) is 32.9 Å². The summed E-state index contributed by atoms with van der Waals surface area (Å²) in [6.45, 7) is 6.70. The fourth-order valence-corrected chi connectivity index (χ4v) is 2.15. The Morgan fingerprint density at radius 2 is 1.36 bits per heavy atom. The average molecular weight is 192 g/mol. The highest BCUT2D eigenvalue weighted by molar-refractivity contribution is 5.41. The lowest BCUT2D eigenvalue weighted by molar-refractivity contribution is 0.280. The van der Waals surface area contributed by atoms with E-state index >= 15 is 0 Å². The van der Waals surface area contributed by atoms with Gasteiger partial charge >= 0.3 is 0 Å². The van der Waals surface area contributed by atoms with Crippen molar-refractivity contribution in [1.29, 1.82) is 0 Å². The zero-order valence-corrected chi connectivity index (χ0v) is 9.43. The lowest BCUT2D eigenvalue weighted by Crippen LogP contribution is -2.02. The fraction of sp³-hybridized carbons (Fsp3) is 0.538. The highest BCUT2D eigenvalue weighted by atomic mass is 16.3. The first-order chi connectivity index (χ1) is 6.78. The second-order valence-corrected chi connectivity index (χ2v) is 3.56. The van der Waals surface area contributed by atoms with E-state index in [1.807, 2.05) is 0 Å². The predicted molar refractivity (Wildman–Crippen MR) is 60.5 cm³/mol. The van der Waals surface area contributed by atoms with Gasteiger partial charge in [-0.15, -0.1) is 0 Å². The fourth-order valence-electron chi connectivity index (χ4n) is 2.15. The second-order valence-electron chi connectivity index (χ2n) is 3.56. The molecule has 0 heterocycles. The molecule has 0 spiro atoms. The van der Waals surface area contributed by atoms with E-state index in [4.69, 9.17) is 0 Å². The molecule has 1 rings (SSSR count). The van der Waals surface area contributed by atoms with Crippen molar-refractivity contribution in [2.24, 2.45) is 0 Å². The molecule has 0 atom stereocenters. The largest absolute Gasteiger partial charge is 0.392 e. The summed E-state index contributed by atoms with van der Waals surface area (Å²) in [6.07, 6.45) is 3.18. The van der Waals surface area contributed by atoms with Crippen LogP contribution in [0.2, 0.25) is 0 Å². The van der Waals surface area contributed by atoms with Crippen molar-refractivity contribution in [3.05, 3.63) is 34.4 Å². The molecule has 0 radical (unpaired) electrons. The van der Waals surface area contributed by atoms with Crippen LogP contribution in [0.4, 0.5) is 0 Å². The summed E-state index contributed by atoms with van der Waals surface area (Å²) < 4.78 is 0. The maximum absolute atomic E-state index is 9.23. The van der Waals surface area contributed by atoms with Crippen LogP contribution in [0.3, 0.4) is 0 Å². The summed E-state index contributed by atoms with van der Waals surface area (Å²) in [6, 6.07) is 4.22. The monoisotopic (exact) mass is 192 g/mol. The van der Waals surface area contributed by atoms with Crippen LogP contribution in [0.25, 0.3) is 0 Å². The SMILES string of the molecule is CCc1ccc(CO)c(CC)c1CC. The van der Waals surface area contributed by atoms with Crippen molar-refractivity contribution in [1.82, 2.24) is 0 Å². The molecule has 0 saturated carbocycles.